The van der Waals surface area contributed by atoms with Crippen LogP contribution in [-0.4, -0.2) is 48.3 Å². The molecule has 2 saturated carbocycles. The van der Waals surface area contributed by atoms with Crippen molar-refractivity contribution in [2.75, 3.05) is 0 Å². The van der Waals surface area contributed by atoms with Gasteiger partial charge in [0.25, 0.3) is 0 Å². The molecule has 0 aromatic carbocycles. The minimum Gasteiger partial charge on any atom is -0.458 e. The fourth-order valence-corrected chi connectivity index (χ4v) is 5.14. The topological polar surface area (TPSA) is 105 Å². The maximum atomic E-state index is 11.8. The Labute approximate surface area is 163 Å². The van der Waals surface area contributed by atoms with Crippen molar-refractivity contribution >= 4 is 23.9 Å². The lowest BCUT2D eigenvalue weighted by atomic mass is 9.54. The summed E-state index contributed by atoms with van der Waals surface area (Å²) in [6.45, 7) is 5.04. The number of esters is 4. The van der Waals surface area contributed by atoms with Crippen molar-refractivity contribution in [3.8, 4) is 0 Å². The van der Waals surface area contributed by atoms with Crippen LogP contribution in [0.4, 0.5) is 0 Å². The first kappa shape index (κ1) is 20.4. The third-order valence-electron chi connectivity index (χ3n) is 5.81. The van der Waals surface area contributed by atoms with E-state index in [4.69, 9.17) is 18.9 Å². The molecule has 4 rings (SSSR count). The molecule has 8 atom stereocenters. The molecule has 0 spiro atoms. The van der Waals surface area contributed by atoms with Crippen LogP contribution in [0.1, 0.15) is 40.5 Å². The Bertz CT molecular complexity index is 640. The van der Waals surface area contributed by atoms with E-state index in [-0.39, 0.29) is 23.7 Å². The molecule has 0 saturated heterocycles. The van der Waals surface area contributed by atoms with Crippen molar-refractivity contribution in [1.82, 2.24) is 0 Å². The molecule has 8 heteroatoms. The van der Waals surface area contributed by atoms with Crippen molar-refractivity contribution in [3.05, 3.63) is 12.2 Å². The van der Waals surface area contributed by atoms with E-state index in [1.165, 1.54) is 27.7 Å². The minimum atomic E-state index is -1.05. The second-order valence-corrected chi connectivity index (χ2v) is 7.74. The van der Waals surface area contributed by atoms with Gasteiger partial charge in [0.05, 0.1) is 0 Å². The Kier molecular flexibility index (Phi) is 5.76. The molecule has 2 fully saturated rings. The third-order valence-corrected chi connectivity index (χ3v) is 5.81. The Morgan fingerprint density at radius 3 is 1.11 bits per heavy atom. The fraction of sp³-hybridized carbons (Fsp3) is 0.700. The van der Waals surface area contributed by atoms with Crippen LogP contribution in [0.25, 0.3) is 0 Å². The zero-order chi connectivity index (χ0) is 20.6. The summed E-state index contributed by atoms with van der Waals surface area (Å²) in [7, 11) is 0. The number of carbonyl (C=O) groups is 4. The van der Waals surface area contributed by atoms with E-state index < -0.39 is 48.3 Å². The minimum absolute atomic E-state index is 0.0914. The van der Waals surface area contributed by atoms with Crippen LogP contribution in [-0.2, 0) is 38.1 Å². The summed E-state index contributed by atoms with van der Waals surface area (Å²) in [5, 5.41) is 0. The highest BCUT2D eigenvalue weighted by Gasteiger charge is 2.62. The largest absolute Gasteiger partial charge is 0.458 e. The summed E-state index contributed by atoms with van der Waals surface area (Å²) >= 11 is 0. The molecule has 0 aromatic rings. The molecule has 0 aliphatic heterocycles. The highest BCUT2D eigenvalue weighted by molar-refractivity contribution is 5.69. The summed E-state index contributed by atoms with van der Waals surface area (Å²) in [6.07, 6.45) is 2.30. The van der Waals surface area contributed by atoms with Gasteiger partial charge in [-0.2, -0.15) is 0 Å². The van der Waals surface area contributed by atoms with E-state index in [1.54, 1.807) is 0 Å². The van der Waals surface area contributed by atoms with Gasteiger partial charge in [-0.15, -0.1) is 0 Å². The number of allylic oxidation sites excluding steroid dienone is 2. The van der Waals surface area contributed by atoms with Gasteiger partial charge in [0.15, 0.2) is 12.2 Å². The van der Waals surface area contributed by atoms with Crippen LogP contribution in [0, 0.1) is 23.7 Å². The quantitative estimate of drug-likeness (QED) is 0.402. The molecule has 0 radical (unpaired) electrons. The Balaban J connectivity index is 2.09. The van der Waals surface area contributed by atoms with Gasteiger partial charge >= 0.3 is 23.9 Å². The number of ether oxygens (including phenoxy) is 4. The predicted molar refractivity (Wildman–Crippen MR) is 94.6 cm³/mol. The van der Waals surface area contributed by atoms with Crippen molar-refractivity contribution in [1.29, 1.82) is 0 Å². The predicted octanol–water partition coefficient (Wildman–Crippen LogP) is 1.56. The van der Waals surface area contributed by atoms with E-state index >= 15 is 0 Å². The number of carbonyl (C=O) groups excluding carboxylic acids is 4. The zero-order valence-corrected chi connectivity index (χ0v) is 16.5. The molecule has 0 aromatic heterocycles. The molecule has 0 heterocycles. The Morgan fingerprint density at radius 2 is 0.857 bits per heavy atom. The summed E-state index contributed by atoms with van der Waals surface area (Å²) < 4.78 is 22.2. The lowest BCUT2D eigenvalue weighted by Gasteiger charge is -2.56. The van der Waals surface area contributed by atoms with Gasteiger partial charge in [0.1, 0.15) is 12.2 Å². The van der Waals surface area contributed by atoms with Gasteiger partial charge in [-0.25, -0.2) is 0 Å². The van der Waals surface area contributed by atoms with E-state index in [1.807, 2.05) is 0 Å². The summed E-state index contributed by atoms with van der Waals surface area (Å²) in [4.78, 5) is 47.3. The van der Waals surface area contributed by atoms with Gasteiger partial charge in [-0.1, -0.05) is 12.2 Å². The monoisotopic (exact) mass is 394 g/mol. The lowest BCUT2D eigenvalue weighted by molar-refractivity contribution is -0.243. The molecular weight excluding hydrogens is 368 g/mol. The van der Waals surface area contributed by atoms with Gasteiger partial charge < -0.3 is 18.9 Å². The molecule has 8 unspecified atom stereocenters. The lowest BCUT2D eigenvalue weighted by Crippen LogP contribution is -2.66. The molecule has 4 aliphatic rings. The van der Waals surface area contributed by atoms with Crippen molar-refractivity contribution in [2.24, 2.45) is 23.7 Å². The standard InChI is InChI=1S/C20H26O8/c1-9(21)25-17-15-13-5-7-14(8-6-13)16(15)18(26-10(2)22)20(28-12(4)24)19(17)27-11(3)23/h5,7,13-20H,6,8H2,1-4H3. The van der Waals surface area contributed by atoms with Crippen molar-refractivity contribution in [2.45, 2.75) is 65.0 Å². The summed E-state index contributed by atoms with van der Waals surface area (Å²) in [5.74, 6) is -2.45. The summed E-state index contributed by atoms with van der Waals surface area (Å²) in [6, 6.07) is 0. The molecule has 28 heavy (non-hydrogen) atoms. The van der Waals surface area contributed by atoms with Gasteiger partial charge in [-0.05, 0) is 24.7 Å². The maximum absolute atomic E-state index is 11.8. The average molecular weight is 394 g/mol. The molecule has 2 bridgehead atoms. The SMILES string of the molecule is CC(=O)OC1C(OC(C)=O)C(OC(C)=O)C2C3C=CC(CC3)C2C1OC(C)=O. The van der Waals surface area contributed by atoms with Gasteiger partial charge in [0, 0.05) is 39.5 Å². The average Bonchev–Trinajstić information content (AvgIpc) is 2.59. The van der Waals surface area contributed by atoms with Crippen LogP contribution in [0.2, 0.25) is 0 Å². The summed E-state index contributed by atoms with van der Waals surface area (Å²) in [5.41, 5.74) is 0. The first-order chi connectivity index (χ1) is 13.2. The molecular formula is C20H26O8. The van der Waals surface area contributed by atoms with E-state index in [9.17, 15) is 19.2 Å². The highest BCUT2D eigenvalue weighted by Crippen LogP contribution is 2.53. The third kappa shape index (κ3) is 3.91. The van der Waals surface area contributed by atoms with E-state index in [0.717, 1.165) is 12.8 Å². The highest BCUT2D eigenvalue weighted by atomic mass is 16.6. The second-order valence-electron chi connectivity index (χ2n) is 7.74. The molecule has 4 aliphatic carbocycles. The zero-order valence-electron chi connectivity index (χ0n) is 16.5. The smallest absolute Gasteiger partial charge is 0.303 e. The Morgan fingerprint density at radius 1 is 0.571 bits per heavy atom. The van der Waals surface area contributed by atoms with Crippen LogP contribution < -0.4 is 0 Å². The first-order valence-electron chi connectivity index (χ1n) is 9.56. The van der Waals surface area contributed by atoms with E-state index in [2.05, 4.69) is 12.2 Å². The van der Waals surface area contributed by atoms with Crippen LogP contribution >= 0.6 is 0 Å². The molecule has 154 valence electrons. The van der Waals surface area contributed by atoms with Crippen molar-refractivity contribution < 1.29 is 38.1 Å². The number of fused-ring (bicyclic) bond motifs is 1. The maximum Gasteiger partial charge on any atom is 0.303 e. The molecule has 0 N–H and O–H groups in total. The molecule has 8 nitrogen and oxygen atoms in total. The number of hydrogen-bond donors (Lipinski definition) is 0. The van der Waals surface area contributed by atoms with E-state index in [0.29, 0.717) is 0 Å². The fourth-order valence-electron chi connectivity index (χ4n) is 5.14. The Hall–Kier alpha value is -2.38. The second kappa shape index (κ2) is 7.93. The first-order valence-corrected chi connectivity index (χ1v) is 9.56. The van der Waals surface area contributed by atoms with Crippen LogP contribution in [0.5, 0.6) is 0 Å². The normalized spacial score (nSPS) is 38.1. The number of hydrogen-bond acceptors (Lipinski definition) is 8. The van der Waals surface area contributed by atoms with Crippen LogP contribution in [0.15, 0.2) is 12.2 Å². The van der Waals surface area contributed by atoms with Crippen LogP contribution in [0.3, 0.4) is 0 Å². The van der Waals surface area contributed by atoms with Gasteiger partial charge in [-0.3, -0.25) is 19.2 Å². The molecule has 0 amide bonds. The van der Waals surface area contributed by atoms with Gasteiger partial charge in [0.2, 0.25) is 0 Å². The number of rotatable bonds is 4. The van der Waals surface area contributed by atoms with Crippen molar-refractivity contribution in [3.63, 3.8) is 0 Å².